The van der Waals surface area contributed by atoms with Gasteiger partial charge in [-0.1, -0.05) is 17.7 Å². The topological polar surface area (TPSA) is 54.5 Å². The highest BCUT2D eigenvalue weighted by molar-refractivity contribution is 6.31. The number of nitrogens with one attached hydrogen (secondary N) is 1. The number of halogens is 2. The van der Waals surface area contributed by atoms with E-state index in [1.54, 1.807) is 37.7 Å². The maximum Gasteiger partial charge on any atom is 0.238 e. The number of ether oxygens (including phenoxy) is 1. The molecule has 0 aliphatic heterocycles. The van der Waals surface area contributed by atoms with Crippen molar-refractivity contribution in [2.45, 2.75) is 6.54 Å². The summed E-state index contributed by atoms with van der Waals surface area (Å²) < 4.78 is 18.2. The zero-order chi connectivity index (χ0) is 17.4. The Bertz CT molecular complexity index is 670. The minimum atomic E-state index is -0.387. The third-order valence-electron chi connectivity index (χ3n) is 3.33. The van der Waals surface area contributed by atoms with Crippen LogP contribution in [0.1, 0.15) is 5.56 Å². The second kappa shape index (κ2) is 9.32. The number of carbonyl (C=O) groups excluding carboxylic acids is 1. The van der Waals surface area contributed by atoms with Gasteiger partial charge in [-0.2, -0.15) is 0 Å². The smallest absolute Gasteiger partial charge is 0.238 e. The first-order chi connectivity index (χ1) is 11.6. The average molecular weight is 352 g/mol. The van der Waals surface area contributed by atoms with Gasteiger partial charge in [0.15, 0.2) is 0 Å². The lowest BCUT2D eigenvalue weighted by Crippen LogP contribution is -2.35. The van der Waals surface area contributed by atoms with Gasteiger partial charge in [0.2, 0.25) is 5.91 Å². The fourth-order valence-corrected chi connectivity index (χ4v) is 2.39. The zero-order valence-electron chi connectivity index (χ0n) is 13.3. The van der Waals surface area contributed by atoms with Crippen LogP contribution in [0.15, 0.2) is 42.7 Å². The lowest BCUT2D eigenvalue weighted by atomic mass is 10.2. The molecule has 5 nitrogen and oxygen atoms in total. The molecule has 0 bridgehead atoms. The van der Waals surface area contributed by atoms with E-state index in [1.165, 1.54) is 12.1 Å². The quantitative estimate of drug-likeness (QED) is 0.794. The van der Waals surface area contributed by atoms with Crippen molar-refractivity contribution in [1.29, 1.82) is 0 Å². The maximum absolute atomic E-state index is 13.2. The number of benzene rings is 1. The summed E-state index contributed by atoms with van der Waals surface area (Å²) in [5.41, 5.74) is 1.39. The van der Waals surface area contributed by atoms with Gasteiger partial charge in [0, 0.05) is 31.4 Å². The highest BCUT2D eigenvalue weighted by Crippen LogP contribution is 2.19. The molecule has 1 heterocycles. The van der Waals surface area contributed by atoms with Crippen molar-refractivity contribution in [2.24, 2.45) is 0 Å². The molecule has 24 heavy (non-hydrogen) atoms. The second-order valence-electron chi connectivity index (χ2n) is 5.23. The molecule has 0 radical (unpaired) electrons. The number of rotatable bonds is 8. The summed E-state index contributed by atoms with van der Waals surface area (Å²) in [5.74, 6) is -0.557. The van der Waals surface area contributed by atoms with Gasteiger partial charge in [0.1, 0.15) is 5.82 Å². The number of amides is 1. The predicted octanol–water partition coefficient (Wildman–Crippen LogP) is 2.96. The van der Waals surface area contributed by atoms with Crippen LogP contribution in [0.5, 0.6) is 0 Å². The number of methoxy groups -OCH3 is 1. The van der Waals surface area contributed by atoms with E-state index in [0.29, 0.717) is 30.4 Å². The first-order valence-corrected chi connectivity index (χ1v) is 7.81. The first kappa shape index (κ1) is 18.3. The summed E-state index contributed by atoms with van der Waals surface area (Å²) in [4.78, 5) is 18.0. The van der Waals surface area contributed by atoms with Crippen LogP contribution < -0.4 is 5.32 Å². The molecule has 0 aliphatic rings. The number of pyridine rings is 1. The molecule has 0 aliphatic carbocycles. The van der Waals surface area contributed by atoms with Crippen LogP contribution in [-0.2, 0) is 16.1 Å². The van der Waals surface area contributed by atoms with E-state index in [9.17, 15) is 9.18 Å². The van der Waals surface area contributed by atoms with E-state index in [1.807, 2.05) is 4.90 Å². The Morgan fingerprint density at radius 1 is 1.42 bits per heavy atom. The molecule has 0 spiro atoms. The molecule has 2 aromatic rings. The Hall–Kier alpha value is -2.02. The van der Waals surface area contributed by atoms with Crippen LogP contribution in [0.3, 0.4) is 0 Å². The monoisotopic (exact) mass is 351 g/mol. The fourth-order valence-electron chi connectivity index (χ4n) is 2.17. The van der Waals surface area contributed by atoms with Crippen LogP contribution >= 0.6 is 11.6 Å². The first-order valence-electron chi connectivity index (χ1n) is 7.43. The molecule has 0 unspecified atom stereocenters. The van der Waals surface area contributed by atoms with Crippen LogP contribution in [0.4, 0.5) is 10.1 Å². The molecular weight excluding hydrogens is 333 g/mol. The molecule has 128 valence electrons. The van der Waals surface area contributed by atoms with Crippen molar-refractivity contribution < 1.29 is 13.9 Å². The van der Waals surface area contributed by atoms with Gasteiger partial charge < -0.3 is 10.1 Å². The number of hydrogen-bond acceptors (Lipinski definition) is 4. The van der Waals surface area contributed by atoms with Gasteiger partial charge in [-0.25, -0.2) is 4.39 Å². The van der Waals surface area contributed by atoms with E-state index in [0.717, 1.165) is 5.56 Å². The van der Waals surface area contributed by atoms with Crippen molar-refractivity contribution in [2.75, 3.05) is 32.1 Å². The summed E-state index contributed by atoms with van der Waals surface area (Å²) in [7, 11) is 1.60. The molecular formula is C17H19ClFN3O2. The van der Waals surface area contributed by atoms with E-state index in [4.69, 9.17) is 16.3 Å². The van der Waals surface area contributed by atoms with Crippen LogP contribution in [-0.4, -0.2) is 42.6 Å². The van der Waals surface area contributed by atoms with Crippen molar-refractivity contribution >= 4 is 23.2 Å². The normalized spacial score (nSPS) is 10.8. The SMILES string of the molecule is COCCN(CC(=O)Nc1cccnc1)Cc1ccc(F)cc1Cl. The van der Waals surface area contributed by atoms with Crippen LogP contribution in [0.25, 0.3) is 0 Å². The zero-order valence-corrected chi connectivity index (χ0v) is 14.1. The average Bonchev–Trinajstić information content (AvgIpc) is 2.56. The number of nitrogens with zero attached hydrogens (tertiary/aromatic N) is 2. The lowest BCUT2D eigenvalue weighted by molar-refractivity contribution is -0.117. The summed E-state index contributed by atoms with van der Waals surface area (Å²) in [6.45, 7) is 1.60. The molecule has 0 fully saturated rings. The van der Waals surface area contributed by atoms with Gasteiger partial charge in [0.05, 0.1) is 25.0 Å². The highest BCUT2D eigenvalue weighted by atomic mass is 35.5. The molecule has 0 saturated heterocycles. The number of anilines is 1. The molecule has 0 atom stereocenters. The summed E-state index contributed by atoms with van der Waals surface area (Å²) >= 11 is 6.07. The molecule has 0 saturated carbocycles. The lowest BCUT2D eigenvalue weighted by Gasteiger charge is -2.22. The Labute approximate surface area is 145 Å². The third-order valence-corrected chi connectivity index (χ3v) is 3.69. The molecule has 1 aromatic heterocycles. The fraction of sp³-hybridized carbons (Fsp3) is 0.294. The Morgan fingerprint density at radius 3 is 2.92 bits per heavy atom. The van der Waals surface area contributed by atoms with Gasteiger partial charge in [0.25, 0.3) is 0 Å². The van der Waals surface area contributed by atoms with Gasteiger partial charge >= 0.3 is 0 Å². The van der Waals surface area contributed by atoms with E-state index in [2.05, 4.69) is 10.3 Å². The standard InChI is InChI=1S/C17H19ClFN3O2/c1-24-8-7-22(11-13-4-5-14(19)9-16(13)18)12-17(23)21-15-3-2-6-20-10-15/h2-6,9-10H,7-8,11-12H2,1H3,(H,21,23). The summed E-state index contributed by atoms with van der Waals surface area (Å²) in [6, 6.07) is 7.75. The van der Waals surface area contributed by atoms with Gasteiger partial charge in [-0.05, 0) is 29.8 Å². The van der Waals surface area contributed by atoms with E-state index >= 15 is 0 Å². The van der Waals surface area contributed by atoms with Crippen LogP contribution in [0.2, 0.25) is 5.02 Å². The third kappa shape index (κ3) is 5.88. The Balaban J connectivity index is 2.00. The highest BCUT2D eigenvalue weighted by Gasteiger charge is 2.13. The van der Waals surface area contributed by atoms with Crippen molar-refractivity contribution in [3.8, 4) is 0 Å². The van der Waals surface area contributed by atoms with Gasteiger partial charge in [-0.3, -0.25) is 14.7 Å². The predicted molar refractivity (Wildman–Crippen MR) is 91.4 cm³/mol. The maximum atomic E-state index is 13.2. The molecule has 7 heteroatoms. The second-order valence-corrected chi connectivity index (χ2v) is 5.64. The van der Waals surface area contributed by atoms with E-state index in [-0.39, 0.29) is 18.3 Å². The van der Waals surface area contributed by atoms with Gasteiger partial charge in [-0.15, -0.1) is 0 Å². The molecule has 1 N–H and O–H groups in total. The molecule has 2 rings (SSSR count). The Kier molecular flexibility index (Phi) is 7.11. The minimum Gasteiger partial charge on any atom is -0.383 e. The molecule has 1 amide bonds. The summed E-state index contributed by atoms with van der Waals surface area (Å²) in [6.07, 6.45) is 3.21. The van der Waals surface area contributed by atoms with Crippen molar-refractivity contribution in [3.63, 3.8) is 0 Å². The molecule has 1 aromatic carbocycles. The number of aromatic nitrogens is 1. The number of hydrogen-bond donors (Lipinski definition) is 1. The summed E-state index contributed by atoms with van der Waals surface area (Å²) in [5, 5.41) is 3.12. The minimum absolute atomic E-state index is 0.159. The number of carbonyl (C=O) groups is 1. The Morgan fingerprint density at radius 2 is 2.25 bits per heavy atom. The van der Waals surface area contributed by atoms with E-state index < -0.39 is 0 Å². The largest absolute Gasteiger partial charge is 0.383 e. The van der Waals surface area contributed by atoms with Crippen molar-refractivity contribution in [3.05, 3.63) is 59.1 Å². The van der Waals surface area contributed by atoms with Crippen LogP contribution in [0, 0.1) is 5.82 Å². The van der Waals surface area contributed by atoms with Crippen molar-refractivity contribution in [1.82, 2.24) is 9.88 Å².